The molecule has 192 valence electrons. The number of carboxylic acids is 1. The zero-order chi connectivity index (χ0) is 26.0. The summed E-state index contributed by atoms with van der Waals surface area (Å²) in [5.74, 6) is -0.682. The van der Waals surface area contributed by atoms with Crippen LogP contribution in [0.5, 0.6) is 5.75 Å². The van der Waals surface area contributed by atoms with Crippen LogP contribution in [0.1, 0.15) is 57.6 Å². The van der Waals surface area contributed by atoms with Crippen LogP contribution in [0, 0.1) is 0 Å². The lowest BCUT2D eigenvalue weighted by Gasteiger charge is -2.30. The standard InChI is InChI=1S/C26H30BrN3O6/c1-26(2,24(32)33)30-23(31)22-18(13-14-21(27)28-22)29(25(30)34)15-20(36-16-9-5-4-6-10-16)17-11-7-8-12-19(17)35-3/h7-8,11-14,16,20H,4-6,9-10,15H2,1-3H3,(H,32,33)/t20-/m0/s1. The predicted molar refractivity (Wildman–Crippen MR) is 139 cm³/mol. The number of hydrogen-bond donors (Lipinski definition) is 1. The Hall–Kier alpha value is -2.98. The van der Waals surface area contributed by atoms with Crippen LogP contribution in [0.2, 0.25) is 0 Å². The minimum absolute atomic E-state index is 0.00487. The fraction of sp³-hybridized carbons (Fsp3) is 0.462. The Labute approximate surface area is 216 Å². The molecule has 10 heteroatoms. The van der Waals surface area contributed by atoms with Gasteiger partial charge in [-0.15, -0.1) is 0 Å². The number of aliphatic carboxylic acids is 1. The van der Waals surface area contributed by atoms with E-state index in [2.05, 4.69) is 20.9 Å². The number of aromatic nitrogens is 3. The van der Waals surface area contributed by atoms with Crippen LogP contribution in [0.3, 0.4) is 0 Å². The number of pyridine rings is 1. The van der Waals surface area contributed by atoms with Crippen LogP contribution in [0.25, 0.3) is 11.0 Å². The number of ether oxygens (including phenoxy) is 2. The second-order valence-corrected chi connectivity index (χ2v) is 10.3. The Morgan fingerprint density at radius 1 is 1.17 bits per heavy atom. The molecular weight excluding hydrogens is 530 g/mol. The summed E-state index contributed by atoms with van der Waals surface area (Å²) in [6, 6.07) is 10.7. The van der Waals surface area contributed by atoms with Gasteiger partial charge in [0.25, 0.3) is 5.56 Å². The Morgan fingerprint density at radius 2 is 1.86 bits per heavy atom. The monoisotopic (exact) mass is 559 g/mol. The molecule has 0 aliphatic heterocycles. The van der Waals surface area contributed by atoms with E-state index in [1.54, 1.807) is 19.2 Å². The van der Waals surface area contributed by atoms with Crippen LogP contribution in [0.4, 0.5) is 0 Å². The number of rotatable bonds is 8. The maximum Gasteiger partial charge on any atom is 0.332 e. The Balaban J connectivity index is 1.93. The highest BCUT2D eigenvalue weighted by Crippen LogP contribution is 2.33. The highest BCUT2D eigenvalue weighted by Gasteiger charge is 2.35. The molecule has 0 amide bonds. The second kappa shape index (κ2) is 10.6. The molecule has 1 aliphatic carbocycles. The number of hydrogen-bond acceptors (Lipinski definition) is 6. The van der Waals surface area contributed by atoms with E-state index in [1.807, 2.05) is 24.3 Å². The predicted octanol–water partition coefficient (Wildman–Crippen LogP) is 4.24. The summed E-state index contributed by atoms with van der Waals surface area (Å²) in [7, 11) is 1.58. The van der Waals surface area contributed by atoms with Gasteiger partial charge in [0.15, 0.2) is 5.52 Å². The molecule has 0 unspecified atom stereocenters. The summed E-state index contributed by atoms with van der Waals surface area (Å²) in [4.78, 5) is 43.5. The van der Waals surface area contributed by atoms with E-state index in [0.29, 0.717) is 15.9 Å². The third kappa shape index (κ3) is 4.97. The number of benzene rings is 1. The molecule has 1 N–H and O–H groups in total. The van der Waals surface area contributed by atoms with Crippen LogP contribution in [-0.2, 0) is 21.6 Å². The first-order valence-corrected chi connectivity index (χ1v) is 12.8. The minimum atomic E-state index is -1.79. The summed E-state index contributed by atoms with van der Waals surface area (Å²) in [6.45, 7) is 2.69. The van der Waals surface area contributed by atoms with Crippen molar-refractivity contribution >= 4 is 32.9 Å². The van der Waals surface area contributed by atoms with Crippen molar-refractivity contribution in [3.63, 3.8) is 0 Å². The Kier molecular flexibility index (Phi) is 7.65. The van der Waals surface area contributed by atoms with Gasteiger partial charge >= 0.3 is 11.7 Å². The van der Waals surface area contributed by atoms with Gasteiger partial charge in [0.2, 0.25) is 0 Å². The number of carbonyl (C=O) groups is 1. The van der Waals surface area contributed by atoms with Crippen molar-refractivity contribution in [3.8, 4) is 5.75 Å². The van der Waals surface area contributed by atoms with Crippen LogP contribution in [0.15, 0.2) is 50.6 Å². The van der Waals surface area contributed by atoms with Crippen molar-refractivity contribution in [2.24, 2.45) is 0 Å². The third-order valence-corrected chi connectivity index (χ3v) is 7.23. The van der Waals surface area contributed by atoms with E-state index in [1.165, 1.54) is 24.8 Å². The fourth-order valence-electron chi connectivity index (χ4n) is 4.73. The normalized spacial score (nSPS) is 15.7. The van der Waals surface area contributed by atoms with Gasteiger partial charge in [-0.25, -0.2) is 19.1 Å². The molecule has 1 atom stereocenters. The molecule has 1 fully saturated rings. The Morgan fingerprint density at radius 3 is 2.53 bits per heavy atom. The summed E-state index contributed by atoms with van der Waals surface area (Å²) in [5, 5.41) is 9.83. The first kappa shape index (κ1) is 26.1. The van der Waals surface area contributed by atoms with E-state index < -0.39 is 28.9 Å². The van der Waals surface area contributed by atoms with Crippen molar-refractivity contribution in [1.82, 2.24) is 14.1 Å². The SMILES string of the molecule is COc1ccccc1[C@H](Cn1c(=O)n(C(C)(C)C(=O)O)c(=O)c2nc(Br)ccc21)OC1CCCCC1. The van der Waals surface area contributed by atoms with Crippen molar-refractivity contribution in [3.05, 3.63) is 67.4 Å². The molecule has 1 aliphatic rings. The van der Waals surface area contributed by atoms with Gasteiger partial charge in [-0.05, 0) is 60.8 Å². The molecule has 1 aromatic carbocycles. The fourth-order valence-corrected chi connectivity index (χ4v) is 5.04. The first-order chi connectivity index (χ1) is 17.1. The smallest absolute Gasteiger partial charge is 0.332 e. The molecule has 0 saturated heterocycles. The van der Waals surface area contributed by atoms with E-state index in [4.69, 9.17) is 9.47 Å². The molecule has 0 bridgehead atoms. The summed E-state index contributed by atoms with van der Waals surface area (Å²) in [6.07, 6.45) is 4.59. The number of fused-ring (bicyclic) bond motifs is 1. The first-order valence-electron chi connectivity index (χ1n) is 12.0. The van der Waals surface area contributed by atoms with E-state index in [-0.39, 0.29) is 18.2 Å². The molecule has 2 aromatic heterocycles. The Bertz CT molecular complexity index is 1390. The molecule has 2 heterocycles. The lowest BCUT2D eigenvalue weighted by atomic mass is 9.97. The van der Waals surface area contributed by atoms with Crippen molar-refractivity contribution in [2.45, 2.75) is 70.2 Å². The summed E-state index contributed by atoms with van der Waals surface area (Å²) >= 11 is 3.28. The zero-order valence-electron chi connectivity index (χ0n) is 20.6. The number of nitrogens with zero attached hydrogens (tertiary/aromatic N) is 3. The average Bonchev–Trinajstić information content (AvgIpc) is 2.86. The summed E-state index contributed by atoms with van der Waals surface area (Å²) in [5.41, 5.74) is -2.23. The van der Waals surface area contributed by atoms with Gasteiger partial charge in [-0.2, -0.15) is 0 Å². The van der Waals surface area contributed by atoms with Crippen LogP contribution in [-0.4, -0.2) is 38.4 Å². The maximum absolute atomic E-state index is 13.8. The van der Waals surface area contributed by atoms with Gasteiger partial charge in [0.05, 0.1) is 25.3 Å². The maximum atomic E-state index is 13.8. The van der Waals surface area contributed by atoms with Gasteiger partial charge in [-0.1, -0.05) is 37.5 Å². The van der Waals surface area contributed by atoms with E-state index in [0.717, 1.165) is 35.8 Å². The van der Waals surface area contributed by atoms with E-state index >= 15 is 0 Å². The minimum Gasteiger partial charge on any atom is -0.496 e. The van der Waals surface area contributed by atoms with Gasteiger partial charge in [-0.3, -0.25) is 9.36 Å². The number of halogens is 1. The number of para-hydroxylation sites is 1. The van der Waals surface area contributed by atoms with E-state index in [9.17, 15) is 19.5 Å². The molecular formula is C26H30BrN3O6. The second-order valence-electron chi connectivity index (χ2n) is 9.53. The molecule has 3 aromatic rings. The quantitative estimate of drug-likeness (QED) is 0.410. The topological polar surface area (TPSA) is 113 Å². The van der Waals surface area contributed by atoms with Crippen molar-refractivity contribution in [1.29, 1.82) is 0 Å². The molecule has 0 spiro atoms. The lowest BCUT2D eigenvalue weighted by molar-refractivity contribution is -0.146. The highest BCUT2D eigenvalue weighted by atomic mass is 79.9. The summed E-state index contributed by atoms with van der Waals surface area (Å²) < 4.78 is 14.7. The van der Waals surface area contributed by atoms with Crippen LogP contribution < -0.4 is 16.0 Å². The molecule has 4 rings (SSSR count). The van der Waals surface area contributed by atoms with Gasteiger partial charge in [0, 0.05) is 5.56 Å². The van der Waals surface area contributed by atoms with Crippen molar-refractivity contribution < 1.29 is 19.4 Å². The third-order valence-electron chi connectivity index (χ3n) is 6.78. The number of methoxy groups -OCH3 is 1. The zero-order valence-corrected chi connectivity index (χ0v) is 22.2. The largest absolute Gasteiger partial charge is 0.496 e. The molecule has 9 nitrogen and oxygen atoms in total. The van der Waals surface area contributed by atoms with Gasteiger partial charge in [0.1, 0.15) is 22.0 Å². The lowest BCUT2D eigenvalue weighted by Crippen LogP contribution is -2.53. The van der Waals surface area contributed by atoms with Crippen molar-refractivity contribution in [2.75, 3.05) is 7.11 Å². The number of carboxylic acid groups (broad SMARTS) is 1. The molecule has 36 heavy (non-hydrogen) atoms. The van der Waals surface area contributed by atoms with Crippen LogP contribution >= 0.6 is 15.9 Å². The van der Waals surface area contributed by atoms with Gasteiger partial charge < -0.3 is 14.6 Å². The molecule has 1 saturated carbocycles. The average molecular weight is 560 g/mol. The highest BCUT2D eigenvalue weighted by molar-refractivity contribution is 9.10. The molecule has 0 radical (unpaired) electrons.